The first-order valence-electron chi connectivity index (χ1n) is 12.5. The number of nitrogens with one attached hydrogen (secondary N) is 2. The predicted molar refractivity (Wildman–Crippen MR) is 137 cm³/mol. The summed E-state index contributed by atoms with van der Waals surface area (Å²) in [7, 11) is -3.54. The SMILES string of the molecule is Cc1ccc(-c2sc(CC3CCCCC3)nc2C)cc1S(=O)(=O)NC1CCNCC1.O=C(O)C(F)(F)F. The van der Waals surface area contributed by atoms with Gasteiger partial charge in [-0.3, -0.25) is 0 Å². The summed E-state index contributed by atoms with van der Waals surface area (Å²) in [6.45, 7) is 5.62. The van der Waals surface area contributed by atoms with Crippen molar-refractivity contribution in [3.63, 3.8) is 0 Å². The van der Waals surface area contributed by atoms with E-state index in [4.69, 9.17) is 14.9 Å². The molecule has 2 heterocycles. The molecule has 1 saturated heterocycles. The molecule has 1 aromatic carbocycles. The summed E-state index contributed by atoms with van der Waals surface area (Å²) in [6, 6.07) is 5.80. The van der Waals surface area contributed by atoms with Crippen molar-refractivity contribution in [2.24, 2.45) is 5.92 Å². The van der Waals surface area contributed by atoms with Crippen molar-refractivity contribution in [2.75, 3.05) is 13.1 Å². The lowest BCUT2D eigenvalue weighted by molar-refractivity contribution is -0.192. The number of aliphatic carboxylic acids is 1. The van der Waals surface area contributed by atoms with Gasteiger partial charge < -0.3 is 10.4 Å². The number of halogens is 3. The van der Waals surface area contributed by atoms with Crippen LogP contribution >= 0.6 is 11.3 Å². The maximum atomic E-state index is 13.1. The Hall–Kier alpha value is -2.02. The Kier molecular flexibility index (Phi) is 10.1. The van der Waals surface area contributed by atoms with Crippen molar-refractivity contribution in [1.82, 2.24) is 15.0 Å². The molecule has 0 amide bonds. The number of hydrogen-bond donors (Lipinski definition) is 3. The Bertz CT molecular complexity index is 1170. The van der Waals surface area contributed by atoms with Crippen LogP contribution in [0.15, 0.2) is 23.1 Å². The number of piperidine rings is 1. The topological polar surface area (TPSA) is 108 Å². The molecule has 0 atom stereocenters. The average Bonchev–Trinajstić information content (AvgIpc) is 3.20. The summed E-state index contributed by atoms with van der Waals surface area (Å²) in [6.07, 6.45) is 4.29. The number of rotatable bonds is 6. The van der Waals surface area contributed by atoms with Gasteiger partial charge in [0.05, 0.1) is 20.5 Å². The molecular weight excluding hydrogens is 527 g/mol. The predicted octanol–water partition coefficient (Wildman–Crippen LogP) is 5.21. The third-order valence-corrected chi connectivity index (χ3v) is 9.56. The molecule has 0 radical (unpaired) electrons. The molecule has 3 N–H and O–H groups in total. The summed E-state index contributed by atoms with van der Waals surface area (Å²) in [5, 5.41) is 11.6. The van der Waals surface area contributed by atoms with Crippen molar-refractivity contribution >= 4 is 27.3 Å². The van der Waals surface area contributed by atoms with E-state index in [1.54, 1.807) is 11.3 Å². The summed E-state index contributed by atoms with van der Waals surface area (Å²) in [5.74, 6) is -2.01. The molecule has 7 nitrogen and oxygen atoms in total. The lowest BCUT2D eigenvalue weighted by Crippen LogP contribution is -2.42. The fourth-order valence-electron chi connectivity index (χ4n) is 4.70. The van der Waals surface area contributed by atoms with Gasteiger partial charge in [-0.2, -0.15) is 13.2 Å². The normalized spacial score (nSPS) is 17.8. The number of nitrogens with zero attached hydrogens (tertiary/aromatic N) is 1. The molecule has 1 aliphatic carbocycles. The molecule has 1 aliphatic heterocycles. The number of carbonyl (C=O) groups is 1. The first-order chi connectivity index (χ1) is 17.4. The number of aryl methyl sites for hydroxylation is 2. The number of benzene rings is 1. The van der Waals surface area contributed by atoms with Crippen LogP contribution in [0.4, 0.5) is 13.2 Å². The van der Waals surface area contributed by atoms with Crippen LogP contribution in [-0.4, -0.2) is 49.8 Å². The highest BCUT2D eigenvalue weighted by Gasteiger charge is 2.38. The first kappa shape index (κ1) is 29.5. The van der Waals surface area contributed by atoms with Crippen LogP contribution in [0, 0.1) is 19.8 Å². The second-order valence-electron chi connectivity index (χ2n) is 9.66. The van der Waals surface area contributed by atoms with Crippen molar-refractivity contribution in [2.45, 2.75) is 82.3 Å². The number of alkyl halides is 3. The lowest BCUT2D eigenvalue weighted by Gasteiger charge is -2.24. The minimum absolute atomic E-state index is 0.00606. The highest BCUT2D eigenvalue weighted by Crippen LogP contribution is 2.35. The quantitative estimate of drug-likeness (QED) is 0.447. The Morgan fingerprint density at radius 1 is 1.14 bits per heavy atom. The van der Waals surface area contributed by atoms with E-state index < -0.39 is 22.2 Å². The summed E-state index contributed by atoms with van der Waals surface area (Å²) < 4.78 is 60.9. The van der Waals surface area contributed by atoms with Crippen LogP contribution in [0.1, 0.15) is 61.2 Å². The van der Waals surface area contributed by atoms with Gasteiger partial charge in [0.25, 0.3) is 0 Å². The largest absolute Gasteiger partial charge is 0.490 e. The van der Waals surface area contributed by atoms with E-state index >= 15 is 0 Å². The Labute approximate surface area is 219 Å². The zero-order valence-electron chi connectivity index (χ0n) is 21.0. The molecule has 2 aliphatic rings. The van der Waals surface area contributed by atoms with Crippen molar-refractivity contribution in [3.05, 3.63) is 34.5 Å². The maximum Gasteiger partial charge on any atom is 0.490 e. The second-order valence-corrected chi connectivity index (χ2v) is 12.4. The number of carboxylic acid groups (broad SMARTS) is 1. The second kappa shape index (κ2) is 12.7. The van der Waals surface area contributed by atoms with Gasteiger partial charge in [-0.15, -0.1) is 11.3 Å². The Morgan fingerprint density at radius 3 is 2.35 bits per heavy atom. The molecule has 12 heteroatoms. The van der Waals surface area contributed by atoms with Gasteiger partial charge in [0.15, 0.2) is 0 Å². The van der Waals surface area contributed by atoms with E-state index in [2.05, 4.69) is 10.0 Å². The number of hydrogen-bond acceptors (Lipinski definition) is 6. The fraction of sp³-hybridized carbons (Fsp3) is 0.600. The average molecular weight is 562 g/mol. The number of thiazole rings is 1. The summed E-state index contributed by atoms with van der Waals surface area (Å²) in [4.78, 5) is 15.2. The van der Waals surface area contributed by atoms with E-state index in [0.717, 1.165) is 60.0 Å². The zero-order chi connectivity index (χ0) is 27.2. The van der Waals surface area contributed by atoms with Gasteiger partial charge in [0.2, 0.25) is 10.0 Å². The van der Waals surface area contributed by atoms with Gasteiger partial charge in [-0.1, -0.05) is 44.2 Å². The van der Waals surface area contributed by atoms with Crippen LogP contribution in [0.3, 0.4) is 0 Å². The molecule has 0 unspecified atom stereocenters. The number of sulfonamides is 1. The molecule has 1 aromatic heterocycles. The summed E-state index contributed by atoms with van der Waals surface area (Å²) in [5.41, 5.74) is 2.74. The molecule has 2 aromatic rings. The third kappa shape index (κ3) is 8.49. The Morgan fingerprint density at radius 2 is 1.76 bits per heavy atom. The smallest absolute Gasteiger partial charge is 0.475 e. The van der Waals surface area contributed by atoms with Crippen molar-refractivity contribution in [1.29, 1.82) is 0 Å². The summed E-state index contributed by atoms with van der Waals surface area (Å²) >= 11 is 1.73. The van der Waals surface area contributed by atoms with Gasteiger partial charge in [0.1, 0.15) is 0 Å². The zero-order valence-corrected chi connectivity index (χ0v) is 22.7. The first-order valence-corrected chi connectivity index (χ1v) is 14.8. The monoisotopic (exact) mass is 561 g/mol. The van der Waals surface area contributed by atoms with Crippen LogP contribution in [0.25, 0.3) is 10.4 Å². The molecule has 2 fully saturated rings. The minimum Gasteiger partial charge on any atom is -0.475 e. The Balaban J connectivity index is 0.000000479. The molecule has 0 spiro atoms. The van der Waals surface area contributed by atoms with E-state index in [0.29, 0.717) is 4.90 Å². The highest BCUT2D eigenvalue weighted by molar-refractivity contribution is 7.89. The van der Waals surface area contributed by atoms with Crippen molar-refractivity contribution < 1.29 is 31.5 Å². The third-order valence-electron chi connectivity index (χ3n) is 6.67. The van der Waals surface area contributed by atoms with E-state index in [1.165, 1.54) is 37.1 Å². The van der Waals surface area contributed by atoms with Gasteiger partial charge >= 0.3 is 12.1 Å². The lowest BCUT2D eigenvalue weighted by atomic mass is 9.87. The van der Waals surface area contributed by atoms with E-state index in [-0.39, 0.29) is 6.04 Å². The van der Waals surface area contributed by atoms with Crippen LogP contribution in [0.2, 0.25) is 0 Å². The standard InChI is InChI=1S/C23H33N3O2S2.C2HF3O2/c1-16-8-9-19(15-21(16)30(27,28)26-20-10-12-24-13-11-20)23-17(2)25-22(29-23)14-18-6-4-3-5-7-18;3-2(4,5)1(6)7/h8-9,15,18,20,24,26H,3-7,10-14H2,1-2H3;(H,6,7). The van der Waals surface area contributed by atoms with Crippen LogP contribution < -0.4 is 10.0 Å². The molecule has 1 saturated carbocycles. The molecule has 0 bridgehead atoms. The number of carboxylic acids is 1. The maximum absolute atomic E-state index is 13.1. The van der Waals surface area contributed by atoms with Crippen LogP contribution in [-0.2, 0) is 21.2 Å². The molecule has 37 heavy (non-hydrogen) atoms. The van der Waals surface area contributed by atoms with Crippen molar-refractivity contribution in [3.8, 4) is 10.4 Å². The van der Waals surface area contributed by atoms with Crippen LogP contribution in [0.5, 0.6) is 0 Å². The molecule has 4 rings (SSSR count). The highest BCUT2D eigenvalue weighted by atomic mass is 32.2. The van der Waals surface area contributed by atoms with E-state index in [1.807, 2.05) is 32.0 Å². The minimum atomic E-state index is -5.08. The van der Waals surface area contributed by atoms with E-state index in [9.17, 15) is 21.6 Å². The van der Waals surface area contributed by atoms with Gasteiger partial charge in [-0.05, 0) is 62.9 Å². The molecular formula is C25H34F3N3O4S2. The fourth-order valence-corrected chi connectivity index (χ4v) is 7.45. The molecule has 206 valence electrons. The van der Waals surface area contributed by atoms with Gasteiger partial charge in [0, 0.05) is 12.5 Å². The number of aromatic nitrogens is 1. The van der Waals surface area contributed by atoms with Gasteiger partial charge in [-0.25, -0.2) is 22.9 Å².